The zero-order valence-electron chi connectivity index (χ0n) is 14.5. The number of carbonyl (C=O) groups excluding carboxylic acids is 1. The fraction of sp³-hybridized carbons (Fsp3) is 0.812. The maximum Gasteiger partial charge on any atom is 0.408 e. The number of hydrogen-bond acceptors (Lipinski definition) is 4. The van der Waals surface area contributed by atoms with Gasteiger partial charge in [0.2, 0.25) is 0 Å². The highest BCUT2D eigenvalue weighted by Gasteiger charge is 2.29. The van der Waals surface area contributed by atoms with E-state index in [0.717, 1.165) is 30.1 Å². The van der Waals surface area contributed by atoms with Gasteiger partial charge in [-0.1, -0.05) is 41.9 Å². The van der Waals surface area contributed by atoms with E-state index >= 15 is 0 Å². The summed E-state index contributed by atoms with van der Waals surface area (Å²) < 4.78 is 6.09. The number of aliphatic carboxylic acids is 2. The fourth-order valence-corrected chi connectivity index (χ4v) is 2.68. The van der Waals surface area contributed by atoms with Gasteiger partial charge < -0.3 is 20.3 Å². The minimum atomic E-state index is -1.28. The van der Waals surface area contributed by atoms with Crippen LogP contribution in [-0.2, 0) is 14.3 Å². The second-order valence-electron chi connectivity index (χ2n) is 6.70. The Morgan fingerprint density at radius 3 is 2.08 bits per heavy atom. The predicted octanol–water partition coefficient (Wildman–Crippen LogP) is 3.44. The molecule has 1 amide bonds. The molecule has 0 aromatic carbocycles. The van der Waals surface area contributed by atoms with Crippen LogP contribution in [0.5, 0.6) is 0 Å². The number of amides is 1. The lowest BCUT2D eigenvalue weighted by Crippen LogP contribution is -2.45. The van der Waals surface area contributed by atoms with Gasteiger partial charge in [0.1, 0.15) is 11.6 Å². The Morgan fingerprint density at radius 2 is 1.62 bits per heavy atom. The molecule has 0 rings (SSSR count). The van der Waals surface area contributed by atoms with Gasteiger partial charge in [-0.25, -0.2) is 9.59 Å². The number of hydrogen-bond donors (Lipinski definition) is 3. The predicted molar refractivity (Wildman–Crippen MR) is 98.5 cm³/mol. The molecule has 0 heterocycles. The number of halogens is 1. The number of carboxylic acid groups (broad SMARTS) is 2. The second-order valence-corrected chi connectivity index (χ2v) is 7.78. The van der Waals surface area contributed by atoms with Crippen LogP contribution in [-0.4, -0.2) is 44.3 Å². The Labute approximate surface area is 156 Å². The Kier molecular flexibility index (Phi) is 11.0. The maximum atomic E-state index is 11.7. The van der Waals surface area contributed by atoms with Crippen LogP contribution in [0.15, 0.2) is 0 Å². The molecule has 24 heavy (non-hydrogen) atoms. The van der Waals surface area contributed by atoms with Gasteiger partial charge >= 0.3 is 18.0 Å². The zero-order valence-corrected chi connectivity index (χ0v) is 16.7. The Hall–Kier alpha value is -1.06. The van der Waals surface area contributed by atoms with Gasteiger partial charge in [0.05, 0.1) is 5.92 Å². The van der Waals surface area contributed by atoms with Crippen LogP contribution in [0.1, 0.15) is 59.3 Å². The number of nitrogens with one attached hydrogen (secondary N) is 1. The number of carboxylic acids is 2. The molecule has 0 saturated heterocycles. The smallest absolute Gasteiger partial charge is 0.408 e. The van der Waals surface area contributed by atoms with E-state index in [0.29, 0.717) is 6.42 Å². The Balaban J connectivity index is 4.59. The molecule has 0 fully saturated rings. The first-order chi connectivity index (χ1) is 11.1. The van der Waals surface area contributed by atoms with Crippen molar-refractivity contribution in [3.05, 3.63) is 0 Å². The average molecular weight is 457 g/mol. The molecule has 0 spiro atoms. The SMILES string of the molecule is CC(C)(C)OC(=O)N[C@@H](C[C@@H](CCCCCCI)C(=O)O)C(=O)O. The first-order valence-corrected chi connectivity index (χ1v) is 9.60. The lowest BCUT2D eigenvalue weighted by molar-refractivity contribution is -0.144. The van der Waals surface area contributed by atoms with Gasteiger partial charge in [-0.15, -0.1) is 0 Å². The van der Waals surface area contributed by atoms with Crippen molar-refractivity contribution in [1.29, 1.82) is 0 Å². The van der Waals surface area contributed by atoms with E-state index in [2.05, 4.69) is 27.9 Å². The molecule has 0 aliphatic heterocycles. The molecule has 7 nitrogen and oxygen atoms in total. The normalized spacial score (nSPS) is 13.8. The Morgan fingerprint density at radius 1 is 1.04 bits per heavy atom. The molecule has 3 N–H and O–H groups in total. The zero-order chi connectivity index (χ0) is 18.8. The summed E-state index contributed by atoms with van der Waals surface area (Å²) in [5.74, 6) is -3.11. The molecule has 0 bridgehead atoms. The summed E-state index contributed by atoms with van der Waals surface area (Å²) >= 11 is 2.30. The molecule has 8 heteroatoms. The van der Waals surface area contributed by atoms with Crippen molar-refractivity contribution in [2.75, 3.05) is 4.43 Å². The average Bonchev–Trinajstić information content (AvgIpc) is 2.42. The van der Waals surface area contributed by atoms with Crippen LogP contribution in [0.3, 0.4) is 0 Å². The first-order valence-electron chi connectivity index (χ1n) is 8.08. The van der Waals surface area contributed by atoms with Crippen molar-refractivity contribution < 1.29 is 29.3 Å². The van der Waals surface area contributed by atoms with Gasteiger partial charge in [-0.2, -0.15) is 0 Å². The summed E-state index contributed by atoms with van der Waals surface area (Å²) in [5.41, 5.74) is -0.752. The number of alkyl halides is 1. The molecule has 140 valence electrons. The molecule has 0 aliphatic rings. The highest BCUT2D eigenvalue weighted by molar-refractivity contribution is 14.1. The lowest BCUT2D eigenvalue weighted by atomic mass is 9.93. The lowest BCUT2D eigenvalue weighted by Gasteiger charge is -2.23. The molecule has 2 atom stereocenters. The van der Waals surface area contributed by atoms with Crippen molar-refractivity contribution in [1.82, 2.24) is 5.32 Å². The molecular weight excluding hydrogens is 429 g/mol. The summed E-state index contributed by atoms with van der Waals surface area (Å²) in [6.07, 6.45) is 3.16. The number of ether oxygens (including phenoxy) is 1. The van der Waals surface area contributed by atoms with Crippen LogP contribution in [0, 0.1) is 5.92 Å². The number of alkyl carbamates (subject to hydrolysis) is 1. The van der Waals surface area contributed by atoms with E-state index in [1.165, 1.54) is 0 Å². The number of unbranched alkanes of at least 4 members (excludes halogenated alkanes) is 3. The van der Waals surface area contributed by atoms with Crippen molar-refractivity contribution in [2.24, 2.45) is 5.92 Å². The molecule has 0 aromatic heterocycles. The highest BCUT2D eigenvalue weighted by Crippen LogP contribution is 2.18. The maximum absolute atomic E-state index is 11.7. The summed E-state index contributed by atoms with van der Waals surface area (Å²) in [6.45, 7) is 4.99. The standard InChI is InChI=1S/C16H28INO6/c1-16(2,3)24-15(23)18-12(14(21)22)10-11(13(19)20)8-6-4-5-7-9-17/h11-12H,4-10H2,1-3H3,(H,18,23)(H,19,20)(H,21,22)/t11-,12+/m1/s1. The molecule has 0 aromatic rings. The summed E-state index contributed by atoms with van der Waals surface area (Å²) in [7, 11) is 0. The van der Waals surface area contributed by atoms with Crippen molar-refractivity contribution in [2.45, 2.75) is 70.9 Å². The van der Waals surface area contributed by atoms with E-state index in [9.17, 15) is 24.6 Å². The molecule has 0 unspecified atom stereocenters. The van der Waals surface area contributed by atoms with Crippen molar-refractivity contribution in [3.8, 4) is 0 Å². The second kappa shape index (κ2) is 11.5. The largest absolute Gasteiger partial charge is 0.481 e. The molecule has 0 aliphatic carbocycles. The van der Waals surface area contributed by atoms with Gasteiger partial charge in [-0.05, 0) is 44.5 Å². The summed E-state index contributed by atoms with van der Waals surface area (Å²) in [4.78, 5) is 34.4. The Bertz CT molecular complexity index is 421. The van der Waals surface area contributed by atoms with Crippen LogP contribution >= 0.6 is 22.6 Å². The molecule has 0 saturated carbocycles. The minimum Gasteiger partial charge on any atom is -0.481 e. The fourth-order valence-electron chi connectivity index (χ4n) is 2.14. The van der Waals surface area contributed by atoms with E-state index in [1.54, 1.807) is 20.8 Å². The van der Waals surface area contributed by atoms with E-state index in [4.69, 9.17) is 4.74 Å². The third kappa shape index (κ3) is 11.5. The summed E-state index contributed by atoms with van der Waals surface area (Å²) in [5, 5.41) is 20.8. The van der Waals surface area contributed by atoms with Gasteiger partial charge in [0, 0.05) is 0 Å². The monoisotopic (exact) mass is 457 g/mol. The summed E-state index contributed by atoms with van der Waals surface area (Å²) in [6, 6.07) is -1.28. The van der Waals surface area contributed by atoms with Crippen LogP contribution in [0.25, 0.3) is 0 Å². The van der Waals surface area contributed by atoms with Crippen LogP contribution in [0.4, 0.5) is 4.79 Å². The third-order valence-electron chi connectivity index (χ3n) is 3.29. The quantitative estimate of drug-likeness (QED) is 0.249. The number of carbonyl (C=O) groups is 3. The van der Waals surface area contributed by atoms with E-state index in [1.807, 2.05) is 0 Å². The van der Waals surface area contributed by atoms with Gasteiger partial charge in [-0.3, -0.25) is 4.79 Å². The molecule has 0 radical (unpaired) electrons. The van der Waals surface area contributed by atoms with Crippen LogP contribution in [0.2, 0.25) is 0 Å². The topological polar surface area (TPSA) is 113 Å². The first kappa shape index (κ1) is 22.9. The highest BCUT2D eigenvalue weighted by atomic mass is 127. The van der Waals surface area contributed by atoms with Crippen molar-refractivity contribution in [3.63, 3.8) is 0 Å². The van der Waals surface area contributed by atoms with E-state index in [-0.39, 0.29) is 6.42 Å². The van der Waals surface area contributed by atoms with Crippen molar-refractivity contribution >= 4 is 40.6 Å². The van der Waals surface area contributed by atoms with Gasteiger partial charge in [0.15, 0.2) is 0 Å². The van der Waals surface area contributed by atoms with E-state index < -0.39 is 35.6 Å². The number of rotatable bonds is 11. The van der Waals surface area contributed by atoms with Crippen LogP contribution < -0.4 is 5.32 Å². The third-order valence-corrected chi connectivity index (χ3v) is 4.06. The molecular formula is C16H28INO6. The van der Waals surface area contributed by atoms with Gasteiger partial charge in [0.25, 0.3) is 0 Å². The minimum absolute atomic E-state index is 0.157.